The lowest BCUT2D eigenvalue weighted by Crippen LogP contribution is -2.13. The molecule has 2 aromatic carbocycles. The summed E-state index contributed by atoms with van der Waals surface area (Å²) in [5, 5.41) is 3.75. The minimum atomic E-state index is -0.197. The number of thiazole rings is 1. The Morgan fingerprint density at radius 2 is 1.88 bits per heavy atom. The van der Waals surface area contributed by atoms with E-state index in [0.29, 0.717) is 17.9 Å². The third-order valence-corrected chi connectivity index (χ3v) is 5.44. The molecule has 3 rings (SSSR count). The topological polar surface area (TPSA) is 51.2 Å². The number of nitrogens with one attached hydrogen (secondary N) is 1. The molecule has 0 saturated heterocycles. The lowest BCUT2D eigenvalue weighted by molar-refractivity contribution is 0.102. The smallest absolute Gasteiger partial charge is 0.260 e. The van der Waals surface area contributed by atoms with E-state index in [1.165, 1.54) is 11.3 Å². The van der Waals surface area contributed by atoms with Gasteiger partial charge in [0.1, 0.15) is 16.4 Å². The molecule has 0 fully saturated rings. The fraction of sp³-hybridized carbons (Fsp3) is 0.158. The van der Waals surface area contributed by atoms with Crippen LogP contribution < -0.4 is 10.1 Å². The molecule has 0 bridgehead atoms. The van der Waals surface area contributed by atoms with E-state index in [-0.39, 0.29) is 5.91 Å². The number of para-hydroxylation sites is 1. The summed E-state index contributed by atoms with van der Waals surface area (Å²) in [5.41, 5.74) is 2.28. The van der Waals surface area contributed by atoms with Crippen molar-refractivity contribution in [1.29, 1.82) is 0 Å². The van der Waals surface area contributed by atoms with Crippen LogP contribution in [0.3, 0.4) is 0 Å². The Hall–Kier alpha value is -2.31. The predicted octanol–water partition coefficient (Wildman–Crippen LogP) is 5.18. The Labute approximate surface area is 155 Å². The van der Waals surface area contributed by atoms with Gasteiger partial charge in [-0.05, 0) is 25.3 Å². The van der Waals surface area contributed by atoms with Gasteiger partial charge in [0.05, 0.1) is 12.2 Å². The van der Waals surface area contributed by atoms with Crippen LogP contribution in [0.5, 0.6) is 5.75 Å². The van der Waals surface area contributed by atoms with Crippen molar-refractivity contribution in [3.63, 3.8) is 0 Å². The van der Waals surface area contributed by atoms with Gasteiger partial charge in [-0.3, -0.25) is 4.79 Å². The lowest BCUT2D eigenvalue weighted by atomic mass is 10.1. The van der Waals surface area contributed by atoms with Gasteiger partial charge in [0.25, 0.3) is 5.91 Å². The molecule has 0 radical (unpaired) electrons. The van der Waals surface area contributed by atoms with Crippen molar-refractivity contribution in [2.75, 3.05) is 18.2 Å². The van der Waals surface area contributed by atoms with E-state index in [4.69, 9.17) is 4.74 Å². The molecule has 25 heavy (non-hydrogen) atoms. The second-order valence-corrected chi connectivity index (χ2v) is 7.16. The number of hydrogen-bond acceptors (Lipinski definition) is 5. The van der Waals surface area contributed by atoms with E-state index in [2.05, 4.69) is 10.3 Å². The molecule has 6 heteroatoms. The standard InChI is InChI=1S/C19H18N2O2S2/c1-3-23-15-12-8-7-11-14(15)17(22)21-18-16(20-19(24-2)25-18)13-9-5-4-6-10-13/h4-12H,3H2,1-2H3,(H,21,22). The second-order valence-electron chi connectivity index (χ2n) is 5.11. The number of carbonyl (C=O) groups excluding carboxylic acids is 1. The Bertz CT molecular complexity index is 863. The lowest BCUT2D eigenvalue weighted by Gasteiger charge is -2.10. The van der Waals surface area contributed by atoms with Crippen molar-refractivity contribution < 1.29 is 9.53 Å². The molecule has 1 N–H and O–H groups in total. The molecule has 4 nitrogen and oxygen atoms in total. The van der Waals surface area contributed by atoms with Crippen LogP contribution in [-0.4, -0.2) is 23.8 Å². The molecule has 128 valence electrons. The summed E-state index contributed by atoms with van der Waals surface area (Å²) in [6, 6.07) is 17.1. The van der Waals surface area contributed by atoms with Crippen molar-refractivity contribution in [2.45, 2.75) is 11.3 Å². The van der Waals surface area contributed by atoms with Gasteiger partial charge < -0.3 is 10.1 Å². The first-order chi connectivity index (χ1) is 12.2. The van der Waals surface area contributed by atoms with Gasteiger partial charge in [0, 0.05) is 5.56 Å². The van der Waals surface area contributed by atoms with Crippen LogP contribution >= 0.6 is 23.1 Å². The van der Waals surface area contributed by atoms with E-state index in [9.17, 15) is 4.79 Å². The number of benzene rings is 2. The highest BCUT2D eigenvalue weighted by Crippen LogP contribution is 2.37. The zero-order valence-electron chi connectivity index (χ0n) is 14.0. The van der Waals surface area contributed by atoms with Crippen molar-refractivity contribution in [3.8, 4) is 17.0 Å². The molecular formula is C19H18N2O2S2. The summed E-state index contributed by atoms with van der Waals surface area (Å²) in [4.78, 5) is 17.4. The maximum Gasteiger partial charge on any atom is 0.260 e. The van der Waals surface area contributed by atoms with Crippen LogP contribution in [0.2, 0.25) is 0 Å². The Morgan fingerprint density at radius 1 is 1.16 bits per heavy atom. The van der Waals surface area contributed by atoms with Crippen molar-refractivity contribution >= 4 is 34.0 Å². The maximum atomic E-state index is 12.8. The van der Waals surface area contributed by atoms with Gasteiger partial charge in [-0.1, -0.05) is 65.6 Å². The fourth-order valence-corrected chi connectivity index (χ4v) is 3.85. The third kappa shape index (κ3) is 4.03. The van der Waals surface area contributed by atoms with Crippen LogP contribution in [0.1, 0.15) is 17.3 Å². The SMILES string of the molecule is CCOc1ccccc1C(=O)Nc1sc(SC)nc1-c1ccccc1. The Morgan fingerprint density at radius 3 is 2.60 bits per heavy atom. The van der Waals surface area contributed by atoms with Gasteiger partial charge in [0.15, 0.2) is 4.34 Å². The molecule has 1 aromatic heterocycles. The highest BCUT2D eigenvalue weighted by Gasteiger charge is 2.18. The average molecular weight is 370 g/mol. The molecule has 1 amide bonds. The molecular weight excluding hydrogens is 352 g/mol. The maximum absolute atomic E-state index is 12.8. The third-order valence-electron chi connectivity index (χ3n) is 3.49. The van der Waals surface area contributed by atoms with Crippen molar-refractivity contribution in [3.05, 3.63) is 60.2 Å². The van der Waals surface area contributed by atoms with Gasteiger partial charge >= 0.3 is 0 Å². The van der Waals surface area contributed by atoms with E-state index in [1.807, 2.05) is 55.6 Å². The number of thioether (sulfide) groups is 1. The summed E-state index contributed by atoms with van der Waals surface area (Å²) in [7, 11) is 0. The van der Waals surface area contributed by atoms with Gasteiger partial charge in [0.2, 0.25) is 0 Å². The van der Waals surface area contributed by atoms with E-state index in [0.717, 1.165) is 20.6 Å². The second kappa shape index (κ2) is 8.18. The first-order valence-corrected chi connectivity index (χ1v) is 9.90. The molecule has 0 saturated carbocycles. The molecule has 1 heterocycles. The Kier molecular flexibility index (Phi) is 5.73. The van der Waals surface area contributed by atoms with Crippen LogP contribution in [0.4, 0.5) is 5.00 Å². The van der Waals surface area contributed by atoms with Gasteiger partial charge in [-0.25, -0.2) is 4.98 Å². The van der Waals surface area contributed by atoms with Crippen molar-refractivity contribution in [1.82, 2.24) is 4.98 Å². The summed E-state index contributed by atoms with van der Waals surface area (Å²) in [6.45, 7) is 2.41. The van der Waals surface area contributed by atoms with Gasteiger partial charge in [-0.2, -0.15) is 0 Å². The largest absolute Gasteiger partial charge is 0.493 e. The summed E-state index contributed by atoms with van der Waals surface area (Å²) in [5.74, 6) is 0.385. The summed E-state index contributed by atoms with van der Waals surface area (Å²) < 4.78 is 6.47. The number of rotatable bonds is 6. The number of anilines is 1. The fourth-order valence-electron chi connectivity index (χ4n) is 2.37. The molecule has 0 unspecified atom stereocenters. The highest BCUT2D eigenvalue weighted by molar-refractivity contribution is 8.00. The van der Waals surface area contributed by atoms with E-state index >= 15 is 0 Å². The van der Waals surface area contributed by atoms with E-state index in [1.54, 1.807) is 23.9 Å². The Balaban J connectivity index is 1.93. The number of ether oxygens (including phenoxy) is 1. The predicted molar refractivity (Wildman–Crippen MR) is 105 cm³/mol. The average Bonchev–Trinajstić information content (AvgIpc) is 3.06. The number of nitrogens with zero attached hydrogens (tertiary/aromatic N) is 1. The summed E-state index contributed by atoms with van der Waals surface area (Å²) >= 11 is 3.04. The molecule has 0 aliphatic rings. The van der Waals surface area contributed by atoms with Crippen LogP contribution in [-0.2, 0) is 0 Å². The molecule has 0 aliphatic carbocycles. The van der Waals surface area contributed by atoms with Crippen LogP contribution in [0.25, 0.3) is 11.3 Å². The number of aromatic nitrogens is 1. The molecule has 0 aliphatic heterocycles. The van der Waals surface area contributed by atoms with E-state index < -0.39 is 0 Å². The van der Waals surface area contributed by atoms with Crippen LogP contribution in [0, 0.1) is 0 Å². The highest BCUT2D eigenvalue weighted by atomic mass is 32.2. The van der Waals surface area contributed by atoms with Crippen LogP contribution in [0.15, 0.2) is 58.9 Å². The van der Waals surface area contributed by atoms with Gasteiger partial charge in [-0.15, -0.1) is 0 Å². The quantitative estimate of drug-likeness (QED) is 0.607. The number of amides is 1. The molecule has 0 spiro atoms. The minimum absolute atomic E-state index is 0.197. The zero-order chi connectivity index (χ0) is 17.6. The first-order valence-electron chi connectivity index (χ1n) is 7.86. The number of hydrogen-bond donors (Lipinski definition) is 1. The molecule has 0 atom stereocenters. The first kappa shape index (κ1) is 17.5. The monoisotopic (exact) mass is 370 g/mol. The summed E-state index contributed by atoms with van der Waals surface area (Å²) in [6.07, 6.45) is 1.98. The zero-order valence-corrected chi connectivity index (χ0v) is 15.6. The van der Waals surface area contributed by atoms with Crippen molar-refractivity contribution in [2.24, 2.45) is 0 Å². The number of carbonyl (C=O) groups is 1. The molecule has 3 aromatic rings. The normalized spacial score (nSPS) is 10.5. The minimum Gasteiger partial charge on any atom is -0.493 e.